The number of thiazole rings is 1. The minimum Gasteiger partial charge on any atom is -0.337 e. The largest absolute Gasteiger partial charge is 0.337 e. The molecule has 2 rings (SSSR count). The topological polar surface area (TPSA) is 51.0 Å². The molecule has 0 atom stereocenters. The van der Waals surface area contributed by atoms with Crippen LogP contribution in [0.2, 0.25) is 0 Å². The highest BCUT2D eigenvalue weighted by atomic mass is 32.1. The van der Waals surface area contributed by atoms with Gasteiger partial charge in [-0.25, -0.2) is 9.97 Å². The van der Waals surface area contributed by atoms with E-state index < -0.39 is 0 Å². The minimum absolute atomic E-state index is 0.0794. The summed E-state index contributed by atoms with van der Waals surface area (Å²) in [4.78, 5) is 21.6. The molecule has 0 aromatic carbocycles. The fourth-order valence-electron chi connectivity index (χ4n) is 1.35. The van der Waals surface area contributed by atoms with Gasteiger partial charge in [-0.05, 0) is 0 Å². The first kappa shape index (κ1) is 10.8. The maximum absolute atomic E-state index is 11.9. The number of aromatic nitrogens is 3. The van der Waals surface area contributed by atoms with Crippen molar-refractivity contribution in [2.75, 3.05) is 7.05 Å². The highest BCUT2D eigenvalue weighted by molar-refractivity contribution is 7.07. The minimum atomic E-state index is -0.0794. The summed E-state index contributed by atoms with van der Waals surface area (Å²) in [6.45, 7) is 0.486. The van der Waals surface area contributed by atoms with Gasteiger partial charge in [0.25, 0.3) is 5.91 Å². The number of carbonyl (C=O) groups excluding carboxylic acids is 1. The van der Waals surface area contributed by atoms with Gasteiger partial charge in [-0.1, -0.05) is 0 Å². The third-order valence-corrected chi connectivity index (χ3v) is 2.88. The van der Waals surface area contributed by atoms with Gasteiger partial charge in [-0.15, -0.1) is 11.3 Å². The Kier molecular flexibility index (Phi) is 3.00. The number of hydrogen-bond donors (Lipinski definition) is 0. The SMILES string of the molecule is CN(Cc1nccn1C)C(=O)c1cscn1. The second kappa shape index (κ2) is 4.44. The first-order chi connectivity index (χ1) is 7.68. The monoisotopic (exact) mass is 236 g/mol. The van der Waals surface area contributed by atoms with Gasteiger partial charge in [0.1, 0.15) is 11.5 Å². The normalized spacial score (nSPS) is 10.4. The third kappa shape index (κ3) is 2.11. The highest BCUT2D eigenvalue weighted by Gasteiger charge is 2.15. The van der Waals surface area contributed by atoms with Gasteiger partial charge in [0.05, 0.1) is 12.1 Å². The van der Waals surface area contributed by atoms with E-state index in [1.54, 1.807) is 29.0 Å². The Hall–Kier alpha value is -1.69. The molecule has 2 aromatic heterocycles. The van der Waals surface area contributed by atoms with Crippen LogP contribution in [0.25, 0.3) is 0 Å². The molecular formula is C10H12N4OS. The summed E-state index contributed by atoms with van der Waals surface area (Å²) in [6.07, 6.45) is 3.58. The van der Waals surface area contributed by atoms with Gasteiger partial charge >= 0.3 is 0 Å². The van der Waals surface area contributed by atoms with Crippen LogP contribution in [0, 0.1) is 0 Å². The lowest BCUT2D eigenvalue weighted by atomic mass is 10.4. The van der Waals surface area contributed by atoms with Crippen molar-refractivity contribution in [3.05, 3.63) is 34.8 Å². The van der Waals surface area contributed by atoms with Crippen molar-refractivity contribution in [2.45, 2.75) is 6.54 Å². The van der Waals surface area contributed by atoms with Gasteiger partial charge in [-0.2, -0.15) is 0 Å². The number of hydrogen-bond acceptors (Lipinski definition) is 4. The van der Waals surface area contributed by atoms with E-state index in [0.717, 1.165) is 5.82 Å². The van der Waals surface area contributed by atoms with Gasteiger partial charge < -0.3 is 9.47 Å². The summed E-state index contributed by atoms with van der Waals surface area (Å²) in [5, 5.41) is 1.75. The molecule has 2 heterocycles. The van der Waals surface area contributed by atoms with E-state index in [4.69, 9.17) is 0 Å². The zero-order valence-corrected chi connectivity index (χ0v) is 9.94. The van der Waals surface area contributed by atoms with Crippen molar-refractivity contribution in [1.29, 1.82) is 0 Å². The number of amides is 1. The molecule has 6 heteroatoms. The fraction of sp³-hybridized carbons (Fsp3) is 0.300. The second-order valence-corrected chi connectivity index (χ2v) is 4.21. The number of rotatable bonds is 3. The van der Waals surface area contributed by atoms with E-state index >= 15 is 0 Å². The quantitative estimate of drug-likeness (QED) is 0.803. The van der Waals surface area contributed by atoms with E-state index in [1.165, 1.54) is 11.3 Å². The van der Waals surface area contributed by atoms with E-state index in [0.29, 0.717) is 12.2 Å². The van der Waals surface area contributed by atoms with Crippen LogP contribution >= 0.6 is 11.3 Å². The molecule has 0 saturated carbocycles. The van der Waals surface area contributed by atoms with Gasteiger partial charge in [0.15, 0.2) is 0 Å². The molecule has 5 nitrogen and oxygen atoms in total. The van der Waals surface area contributed by atoms with Crippen molar-refractivity contribution in [1.82, 2.24) is 19.4 Å². The number of nitrogens with zero attached hydrogens (tertiary/aromatic N) is 4. The molecule has 0 saturated heterocycles. The average Bonchev–Trinajstić information content (AvgIpc) is 2.89. The Bertz CT molecular complexity index is 477. The third-order valence-electron chi connectivity index (χ3n) is 2.30. The Labute approximate surface area is 97.4 Å². The molecule has 0 radical (unpaired) electrons. The molecule has 0 N–H and O–H groups in total. The molecule has 0 unspecified atom stereocenters. The summed E-state index contributed by atoms with van der Waals surface area (Å²) < 4.78 is 1.89. The van der Waals surface area contributed by atoms with Crippen molar-refractivity contribution < 1.29 is 4.79 Å². The molecule has 0 fully saturated rings. The maximum atomic E-state index is 11.9. The van der Waals surface area contributed by atoms with Crippen molar-refractivity contribution in [2.24, 2.45) is 7.05 Å². The molecule has 0 aliphatic heterocycles. The lowest BCUT2D eigenvalue weighted by molar-refractivity contribution is 0.0775. The number of imidazole rings is 1. The standard InChI is InChI=1S/C10H12N4OS/c1-13-4-3-11-9(13)5-14(2)10(15)8-6-16-7-12-8/h3-4,6-7H,5H2,1-2H3. The average molecular weight is 236 g/mol. The zero-order chi connectivity index (χ0) is 11.5. The van der Waals surface area contributed by atoms with Crippen LogP contribution in [0.3, 0.4) is 0 Å². The van der Waals surface area contributed by atoms with E-state index in [1.807, 2.05) is 17.8 Å². The first-order valence-electron chi connectivity index (χ1n) is 4.78. The van der Waals surface area contributed by atoms with Crippen LogP contribution < -0.4 is 0 Å². The molecule has 1 amide bonds. The van der Waals surface area contributed by atoms with Crippen LogP contribution in [0.5, 0.6) is 0 Å². The van der Waals surface area contributed by atoms with Crippen LogP contribution in [0.4, 0.5) is 0 Å². The summed E-state index contributed by atoms with van der Waals surface area (Å²) in [7, 11) is 3.65. The Morgan fingerprint density at radius 3 is 2.94 bits per heavy atom. The molecular weight excluding hydrogens is 224 g/mol. The molecule has 84 valence electrons. The summed E-state index contributed by atoms with van der Waals surface area (Å²) in [5.41, 5.74) is 2.14. The number of aryl methyl sites for hydroxylation is 1. The van der Waals surface area contributed by atoms with E-state index in [9.17, 15) is 4.79 Å². The Morgan fingerprint density at radius 1 is 1.56 bits per heavy atom. The smallest absolute Gasteiger partial charge is 0.273 e. The van der Waals surface area contributed by atoms with Gasteiger partial charge in [-0.3, -0.25) is 4.79 Å². The van der Waals surface area contributed by atoms with Crippen LogP contribution in [-0.4, -0.2) is 32.4 Å². The van der Waals surface area contributed by atoms with Crippen LogP contribution in [0.1, 0.15) is 16.3 Å². The summed E-state index contributed by atoms with van der Waals surface area (Å²) in [6, 6.07) is 0. The molecule has 2 aromatic rings. The van der Waals surface area contributed by atoms with Crippen molar-refractivity contribution >= 4 is 17.2 Å². The van der Waals surface area contributed by atoms with Crippen molar-refractivity contribution in [3.8, 4) is 0 Å². The molecule has 0 spiro atoms. The summed E-state index contributed by atoms with van der Waals surface area (Å²) >= 11 is 1.42. The molecule has 16 heavy (non-hydrogen) atoms. The zero-order valence-electron chi connectivity index (χ0n) is 9.12. The molecule has 0 bridgehead atoms. The van der Waals surface area contributed by atoms with Crippen molar-refractivity contribution in [3.63, 3.8) is 0 Å². The van der Waals surface area contributed by atoms with Gasteiger partial charge in [0, 0.05) is 31.9 Å². The lowest BCUT2D eigenvalue weighted by Gasteiger charge is -2.15. The first-order valence-corrected chi connectivity index (χ1v) is 5.72. The predicted octanol–water partition coefficient (Wildman–Crippen LogP) is 1.15. The summed E-state index contributed by atoms with van der Waals surface area (Å²) in [5.74, 6) is 0.773. The molecule has 0 aliphatic rings. The highest BCUT2D eigenvalue weighted by Crippen LogP contribution is 2.07. The van der Waals surface area contributed by atoms with Crippen LogP contribution in [-0.2, 0) is 13.6 Å². The number of carbonyl (C=O) groups is 1. The lowest BCUT2D eigenvalue weighted by Crippen LogP contribution is -2.27. The maximum Gasteiger partial charge on any atom is 0.273 e. The predicted molar refractivity (Wildman–Crippen MR) is 61.1 cm³/mol. The Morgan fingerprint density at radius 2 is 2.38 bits per heavy atom. The van der Waals surface area contributed by atoms with E-state index in [2.05, 4.69) is 9.97 Å². The molecule has 0 aliphatic carbocycles. The van der Waals surface area contributed by atoms with Gasteiger partial charge in [0.2, 0.25) is 0 Å². The fourth-order valence-corrected chi connectivity index (χ4v) is 1.87. The van der Waals surface area contributed by atoms with E-state index in [-0.39, 0.29) is 5.91 Å². The van der Waals surface area contributed by atoms with Crippen LogP contribution in [0.15, 0.2) is 23.3 Å². The Balaban J connectivity index is 2.07. The second-order valence-electron chi connectivity index (χ2n) is 3.49.